The molecule has 5 aromatic rings. The molecule has 10 heteroatoms. The quantitative estimate of drug-likeness (QED) is 0.228. The molecule has 1 amide bonds. The Kier molecular flexibility index (Phi) is 7.52. The summed E-state index contributed by atoms with van der Waals surface area (Å²) >= 11 is 0. The van der Waals surface area contributed by atoms with Crippen LogP contribution in [0, 0.1) is 17.6 Å². The summed E-state index contributed by atoms with van der Waals surface area (Å²) in [6.07, 6.45) is -0.431. The van der Waals surface area contributed by atoms with Crippen LogP contribution in [0.25, 0.3) is 22.2 Å². The molecule has 0 bridgehead atoms. The van der Waals surface area contributed by atoms with Gasteiger partial charge in [0, 0.05) is 31.1 Å². The Bertz CT molecular complexity index is 1670. The Morgan fingerprint density at radius 3 is 2.48 bits per heavy atom. The number of piperidine rings is 1. The molecule has 0 radical (unpaired) electrons. The van der Waals surface area contributed by atoms with Gasteiger partial charge in [-0.25, -0.2) is 18.7 Å². The predicted molar refractivity (Wildman–Crippen MR) is 156 cm³/mol. The number of benzene rings is 4. The van der Waals surface area contributed by atoms with E-state index in [0.717, 1.165) is 21.9 Å². The molecule has 1 aliphatic heterocycles. The van der Waals surface area contributed by atoms with Crippen LogP contribution in [0.2, 0.25) is 0 Å². The number of tetrazole rings is 1. The first-order chi connectivity index (χ1) is 20.4. The van der Waals surface area contributed by atoms with Crippen molar-refractivity contribution < 1.29 is 18.7 Å². The highest BCUT2D eigenvalue weighted by Gasteiger charge is 2.36. The van der Waals surface area contributed by atoms with E-state index in [-0.39, 0.29) is 42.0 Å². The molecule has 3 atom stereocenters. The second-order valence-electron chi connectivity index (χ2n) is 10.7. The van der Waals surface area contributed by atoms with Crippen molar-refractivity contribution in [1.29, 1.82) is 0 Å². The van der Waals surface area contributed by atoms with Crippen molar-refractivity contribution in [2.24, 2.45) is 5.92 Å². The van der Waals surface area contributed by atoms with Gasteiger partial charge in [0.2, 0.25) is 0 Å². The molecule has 8 nitrogen and oxygen atoms in total. The fourth-order valence-electron chi connectivity index (χ4n) is 6.28. The highest BCUT2D eigenvalue weighted by atomic mass is 19.1. The Labute approximate surface area is 241 Å². The SMILES string of the molecule is C[C@H](c1cccc2ccccc12)N(CC1CN(c2c(F)cc(-c3nnn[nH]3)cc2F)CCC1c1ccccc1)C(=O)O. The van der Waals surface area contributed by atoms with E-state index in [1.165, 1.54) is 17.0 Å². The maximum absolute atomic E-state index is 15.5. The van der Waals surface area contributed by atoms with Crippen molar-refractivity contribution >= 4 is 22.6 Å². The van der Waals surface area contributed by atoms with Crippen molar-refractivity contribution in [2.45, 2.75) is 25.3 Å². The lowest BCUT2D eigenvalue weighted by Crippen LogP contribution is -2.47. The predicted octanol–water partition coefficient (Wildman–Crippen LogP) is 6.65. The lowest BCUT2D eigenvalue weighted by molar-refractivity contribution is 0.112. The van der Waals surface area contributed by atoms with Gasteiger partial charge in [0.25, 0.3) is 0 Å². The third-order valence-electron chi connectivity index (χ3n) is 8.33. The molecule has 42 heavy (non-hydrogen) atoms. The van der Waals surface area contributed by atoms with Gasteiger partial charge in [0.1, 0.15) is 17.3 Å². The largest absolute Gasteiger partial charge is 0.465 e. The third kappa shape index (κ3) is 5.27. The number of nitrogens with zero attached hydrogens (tertiary/aromatic N) is 5. The second kappa shape index (κ2) is 11.6. The molecular formula is C32H30F2N6O2. The van der Waals surface area contributed by atoms with Crippen LogP contribution in [0.15, 0.2) is 84.9 Å². The number of aromatic nitrogens is 4. The summed E-state index contributed by atoms with van der Waals surface area (Å²) in [4.78, 5) is 15.9. The van der Waals surface area contributed by atoms with Gasteiger partial charge in [-0.15, -0.1) is 5.10 Å². The van der Waals surface area contributed by atoms with Crippen LogP contribution in [0.3, 0.4) is 0 Å². The first-order valence-corrected chi connectivity index (χ1v) is 13.9. The number of hydrogen-bond donors (Lipinski definition) is 2. The minimum absolute atomic E-state index is 0.00896. The molecule has 6 rings (SSSR count). The number of hydrogen-bond acceptors (Lipinski definition) is 5. The fourth-order valence-corrected chi connectivity index (χ4v) is 6.28. The Morgan fingerprint density at radius 1 is 1.05 bits per heavy atom. The molecular weight excluding hydrogens is 538 g/mol. The molecule has 214 valence electrons. The van der Waals surface area contributed by atoms with Crippen molar-refractivity contribution in [2.75, 3.05) is 24.5 Å². The number of carboxylic acid groups (broad SMARTS) is 1. The first-order valence-electron chi connectivity index (χ1n) is 13.9. The second-order valence-corrected chi connectivity index (χ2v) is 10.7. The maximum Gasteiger partial charge on any atom is 0.407 e. The molecule has 1 saturated heterocycles. The summed E-state index contributed by atoms with van der Waals surface area (Å²) in [5, 5.41) is 25.7. The number of amides is 1. The Balaban J connectivity index is 1.33. The van der Waals surface area contributed by atoms with E-state index >= 15 is 8.78 Å². The van der Waals surface area contributed by atoms with Crippen molar-refractivity contribution in [3.8, 4) is 11.4 Å². The van der Waals surface area contributed by atoms with Gasteiger partial charge >= 0.3 is 6.09 Å². The van der Waals surface area contributed by atoms with Crippen LogP contribution in [0.1, 0.15) is 36.4 Å². The standard InChI is InChI=1S/C32H30F2N6O2/c1-20(25-13-7-11-22-10-5-6-12-27(22)25)40(32(41)42)19-24-18-39(15-14-26(24)21-8-3-2-4-9-21)30-28(33)16-23(17-29(30)34)31-35-37-38-36-31/h2-13,16-17,20,24,26H,14-15,18-19H2,1H3,(H,41,42)(H,35,36,37,38)/t20-,24?,26?/m1/s1. The van der Waals surface area contributed by atoms with Crippen LogP contribution in [0.4, 0.5) is 19.3 Å². The van der Waals surface area contributed by atoms with Gasteiger partial charge in [-0.05, 0) is 63.7 Å². The van der Waals surface area contributed by atoms with Crippen molar-refractivity contribution in [1.82, 2.24) is 25.5 Å². The summed E-state index contributed by atoms with van der Waals surface area (Å²) in [6, 6.07) is 25.7. The molecule has 2 N–H and O–H groups in total. The van der Waals surface area contributed by atoms with E-state index in [1.54, 1.807) is 4.90 Å². The van der Waals surface area contributed by atoms with E-state index in [1.807, 2.05) is 79.7 Å². The topological polar surface area (TPSA) is 98.2 Å². The zero-order valence-corrected chi connectivity index (χ0v) is 23.0. The summed E-state index contributed by atoms with van der Waals surface area (Å²) < 4.78 is 30.9. The number of H-pyrrole nitrogens is 1. The van der Waals surface area contributed by atoms with Crippen LogP contribution in [0.5, 0.6) is 0 Å². The molecule has 1 aromatic heterocycles. The number of nitrogens with one attached hydrogen (secondary N) is 1. The Morgan fingerprint density at radius 2 is 1.76 bits per heavy atom. The summed E-state index contributed by atoms with van der Waals surface area (Å²) in [5.41, 5.74) is 2.07. The van der Waals surface area contributed by atoms with E-state index in [0.29, 0.717) is 13.0 Å². The highest BCUT2D eigenvalue weighted by molar-refractivity contribution is 5.86. The number of halogens is 2. The van der Waals surface area contributed by atoms with Crippen LogP contribution in [-0.4, -0.2) is 56.4 Å². The van der Waals surface area contributed by atoms with Gasteiger partial charge in [0.15, 0.2) is 5.82 Å². The number of fused-ring (bicyclic) bond motifs is 1. The summed E-state index contributed by atoms with van der Waals surface area (Å²) in [6.45, 7) is 2.78. The average Bonchev–Trinajstić information content (AvgIpc) is 3.55. The van der Waals surface area contributed by atoms with E-state index in [2.05, 4.69) is 20.6 Å². The lowest BCUT2D eigenvalue weighted by atomic mass is 9.79. The van der Waals surface area contributed by atoms with Crippen molar-refractivity contribution in [3.63, 3.8) is 0 Å². The van der Waals surface area contributed by atoms with E-state index in [4.69, 9.17) is 0 Å². The zero-order chi connectivity index (χ0) is 29.2. The summed E-state index contributed by atoms with van der Waals surface area (Å²) in [7, 11) is 0. The number of anilines is 1. The zero-order valence-electron chi connectivity index (χ0n) is 23.0. The number of aromatic amines is 1. The van der Waals surface area contributed by atoms with Crippen LogP contribution < -0.4 is 4.90 Å². The summed E-state index contributed by atoms with van der Waals surface area (Å²) in [5.74, 6) is -1.50. The van der Waals surface area contributed by atoms with E-state index in [9.17, 15) is 9.90 Å². The Hall–Kier alpha value is -4.86. The molecule has 1 aliphatic rings. The maximum atomic E-state index is 15.5. The highest BCUT2D eigenvalue weighted by Crippen LogP contribution is 2.39. The third-order valence-corrected chi connectivity index (χ3v) is 8.33. The minimum Gasteiger partial charge on any atom is -0.465 e. The molecule has 2 heterocycles. The van der Waals surface area contributed by atoms with Crippen molar-refractivity contribution in [3.05, 3.63) is 108 Å². The van der Waals surface area contributed by atoms with Gasteiger partial charge in [-0.3, -0.25) is 0 Å². The normalized spacial score (nSPS) is 17.7. The minimum atomic E-state index is -1.04. The first kappa shape index (κ1) is 27.3. The molecule has 0 spiro atoms. The number of carbonyl (C=O) groups is 1. The van der Waals surface area contributed by atoms with E-state index < -0.39 is 23.8 Å². The van der Waals surface area contributed by atoms with Crippen LogP contribution >= 0.6 is 0 Å². The van der Waals surface area contributed by atoms with Gasteiger partial charge in [-0.1, -0.05) is 72.8 Å². The molecule has 2 unspecified atom stereocenters. The fraction of sp³-hybridized carbons (Fsp3) is 0.250. The molecule has 0 saturated carbocycles. The smallest absolute Gasteiger partial charge is 0.407 e. The van der Waals surface area contributed by atoms with Crippen LogP contribution in [-0.2, 0) is 0 Å². The molecule has 4 aromatic carbocycles. The number of rotatable bonds is 7. The molecule has 0 aliphatic carbocycles. The average molecular weight is 569 g/mol. The van der Waals surface area contributed by atoms with Gasteiger partial charge in [-0.2, -0.15) is 0 Å². The monoisotopic (exact) mass is 568 g/mol. The molecule has 1 fully saturated rings. The van der Waals surface area contributed by atoms with Gasteiger partial charge < -0.3 is 14.9 Å². The lowest BCUT2D eigenvalue weighted by Gasteiger charge is -2.42. The van der Waals surface area contributed by atoms with Gasteiger partial charge in [0.05, 0.1) is 6.04 Å².